The first kappa shape index (κ1) is 19.8. The number of nitrogens with zero attached hydrogens (tertiary/aromatic N) is 1. The first-order chi connectivity index (χ1) is 14.5. The van der Waals surface area contributed by atoms with Crippen LogP contribution in [0.1, 0.15) is 27.9 Å². The SMILES string of the molecule is O=C(CCc1ccc(F)c(F)c1)Nc1ccc(C(=O)N2CCc3ccccc32)cc1. The summed E-state index contributed by atoms with van der Waals surface area (Å²) >= 11 is 0. The molecule has 0 atom stereocenters. The molecule has 4 rings (SSSR count). The molecule has 4 nitrogen and oxygen atoms in total. The van der Waals surface area contributed by atoms with Gasteiger partial charge in [-0.2, -0.15) is 0 Å². The lowest BCUT2D eigenvalue weighted by Crippen LogP contribution is -2.28. The first-order valence-corrected chi connectivity index (χ1v) is 9.75. The van der Waals surface area contributed by atoms with E-state index >= 15 is 0 Å². The van der Waals surface area contributed by atoms with Crippen molar-refractivity contribution >= 4 is 23.2 Å². The summed E-state index contributed by atoms with van der Waals surface area (Å²) in [5.41, 5.74) is 3.78. The van der Waals surface area contributed by atoms with Crippen molar-refractivity contribution in [1.82, 2.24) is 0 Å². The van der Waals surface area contributed by atoms with Gasteiger partial charge in [0.2, 0.25) is 5.91 Å². The van der Waals surface area contributed by atoms with Crippen molar-refractivity contribution in [3.8, 4) is 0 Å². The van der Waals surface area contributed by atoms with Crippen molar-refractivity contribution in [2.24, 2.45) is 0 Å². The van der Waals surface area contributed by atoms with Crippen molar-refractivity contribution in [2.45, 2.75) is 19.3 Å². The fourth-order valence-electron chi connectivity index (χ4n) is 3.58. The maximum absolute atomic E-state index is 13.2. The van der Waals surface area contributed by atoms with Crippen molar-refractivity contribution in [1.29, 1.82) is 0 Å². The van der Waals surface area contributed by atoms with Crippen LogP contribution in [0.4, 0.5) is 20.2 Å². The summed E-state index contributed by atoms with van der Waals surface area (Å²) in [6.45, 7) is 0.653. The molecule has 152 valence electrons. The Bertz CT molecular complexity index is 1100. The molecule has 1 aliphatic rings. The van der Waals surface area contributed by atoms with Gasteiger partial charge in [0.15, 0.2) is 11.6 Å². The molecule has 1 heterocycles. The monoisotopic (exact) mass is 406 g/mol. The van der Waals surface area contributed by atoms with Gasteiger partial charge in [0.05, 0.1) is 0 Å². The smallest absolute Gasteiger partial charge is 0.258 e. The molecule has 6 heteroatoms. The molecule has 1 N–H and O–H groups in total. The lowest BCUT2D eigenvalue weighted by Gasteiger charge is -2.17. The highest BCUT2D eigenvalue weighted by Crippen LogP contribution is 2.29. The third kappa shape index (κ3) is 4.22. The fourth-order valence-corrected chi connectivity index (χ4v) is 3.58. The van der Waals surface area contributed by atoms with Gasteiger partial charge in [0, 0.05) is 29.9 Å². The molecule has 0 unspecified atom stereocenters. The third-order valence-electron chi connectivity index (χ3n) is 5.17. The van der Waals surface area contributed by atoms with E-state index in [9.17, 15) is 18.4 Å². The average Bonchev–Trinajstić information content (AvgIpc) is 3.19. The lowest BCUT2D eigenvalue weighted by molar-refractivity contribution is -0.116. The normalized spacial score (nSPS) is 12.5. The van der Waals surface area contributed by atoms with E-state index in [2.05, 4.69) is 5.32 Å². The lowest BCUT2D eigenvalue weighted by atomic mass is 10.1. The molecule has 0 spiro atoms. The Hall–Kier alpha value is -3.54. The summed E-state index contributed by atoms with van der Waals surface area (Å²) in [5, 5.41) is 2.76. The van der Waals surface area contributed by atoms with Gasteiger partial charge in [0.1, 0.15) is 0 Å². The molecule has 0 saturated carbocycles. The number of benzene rings is 3. The zero-order valence-electron chi connectivity index (χ0n) is 16.2. The minimum atomic E-state index is -0.922. The van der Waals surface area contributed by atoms with Crippen LogP contribution in [-0.4, -0.2) is 18.4 Å². The number of para-hydroxylation sites is 1. The summed E-state index contributed by atoms with van der Waals surface area (Å²) in [4.78, 5) is 26.8. The van der Waals surface area contributed by atoms with Crippen LogP contribution in [0.25, 0.3) is 0 Å². The maximum Gasteiger partial charge on any atom is 0.258 e. The highest BCUT2D eigenvalue weighted by Gasteiger charge is 2.25. The van der Waals surface area contributed by atoms with Gasteiger partial charge in [0.25, 0.3) is 5.91 Å². The van der Waals surface area contributed by atoms with Crippen molar-refractivity contribution in [2.75, 3.05) is 16.8 Å². The van der Waals surface area contributed by atoms with E-state index in [-0.39, 0.29) is 18.2 Å². The molecule has 0 aromatic heterocycles. The summed E-state index contributed by atoms with van der Waals surface area (Å²) in [5.74, 6) is -2.15. The topological polar surface area (TPSA) is 49.4 Å². The Morgan fingerprint density at radius 3 is 2.47 bits per heavy atom. The summed E-state index contributed by atoms with van der Waals surface area (Å²) in [7, 11) is 0. The average molecular weight is 406 g/mol. The fraction of sp³-hybridized carbons (Fsp3) is 0.167. The van der Waals surface area contributed by atoms with E-state index in [1.54, 1.807) is 29.2 Å². The number of hydrogen-bond donors (Lipinski definition) is 1. The zero-order valence-corrected chi connectivity index (χ0v) is 16.2. The number of carbonyl (C=O) groups excluding carboxylic acids is 2. The number of amides is 2. The Balaban J connectivity index is 1.35. The van der Waals surface area contributed by atoms with Gasteiger partial charge in [-0.25, -0.2) is 8.78 Å². The Morgan fingerprint density at radius 1 is 0.933 bits per heavy atom. The van der Waals surface area contributed by atoms with Crippen molar-refractivity contribution in [3.05, 3.63) is 95.1 Å². The minimum Gasteiger partial charge on any atom is -0.326 e. The first-order valence-electron chi connectivity index (χ1n) is 9.75. The number of fused-ring (bicyclic) bond motifs is 1. The van der Waals surface area contributed by atoms with Gasteiger partial charge < -0.3 is 10.2 Å². The number of hydrogen-bond acceptors (Lipinski definition) is 2. The molecule has 30 heavy (non-hydrogen) atoms. The van der Waals surface area contributed by atoms with E-state index in [0.717, 1.165) is 29.8 Å². The molecule has 0 saturated heterocycles. The van der Waals surface area contributed by atoms with E-state index in [0.29, 0.717) is 29.8 Å². The molecule has 0 fully saturated rings. The number of anilines is 2. The van der Waals surface area contributed by atoms with Crippen LogP contribution < -0.4 is 10.2 Å². The van der Waals surface area contributed by atoms with Crippen LogP contribution in [-0.2, 0) is 17.6 Å². The van der Waals surface area contributed by atoms with Crippen LogP contribution in [0.15, 0.2) is 66.7 Å². The second-order valence-corrected chi connectivity index (χ2v) is 7.21. The molecular weight excluding hydrogens is 386 g/mol. The van der Waals surface area contributed by atoms with Gasteiger partial charge in [-0.05, 0) is 66.4 Å². The Labute approximate surface area is 173 Å². The number of rotatable bonds is 5. The molecule has 3 aromatic rings. The number of halogens is 2. The molecular formula is C24H20F2N2O2. The van der Waals surface area contributed by atoms with E-state index < -0.39 is 11.6 Å². The maximum atomic E-state index is 13.2. The zero-order chi connectivity index (χ0) is 21.1. The minimum absolute atomic E-state index is 0.0730. The quantitative estimate of drug-likeness (QED) is 0.665. The molecule has 2 amide bonds. The van der Waals surface area contributed by atoms with Crippen LogP contribution >= 0.6 is 0 Å². The summed E-state index contributed by atoms with van der Waals surface area (Å²) in [6, 6.07) is 18.2. The summed E-state index contributed by atoms with van der Waals surface area (Å²) < 4.78 is 26.2. The predicted molar refractivity (Wildman–Crippen MR) is 112 cm³/mol. The van der Waals surface area contributed by atoms with Crippen LogP contribution in [0.2, 0.25) is 0 Å². The van der Waals surface area contributed by atoms with Crippen LogP contribution in [0.3, 0.4) is 0 Å². The van der Waals surface area contributed by atoms with Gasteiger partial charge in [-0.1, -0.05) is 24.3 Å². The van der Waals surface area contributed by atoms with Crippen molar-refractivity contribution in [3.63, 3.8) is 0 Å². The van der Waals surface area contributed by atoms with Crippen LogP contribution in [0, 0.1) is 11.6 Å². The largest absolute Gasteiger partial charge is 0.326 e. The van der Waals surface area contributed by atoms with E-state index in [1.807, 2.05) is 24.3 Å². The van der Waals surface area contributed by atoms with Crippen LogP contribution in [0.5, 0.6) is 0 Å². The molecule has 0 radical (unpaired) electrons. The van der Waals surface area contributed by atoms with E-state index in [1.165, 1.54) is 6.07 Å². The number of aryl methyl sites for hydroxylation is 1. The Kier molecular flexibility index (Phi) is 5.57. The van der Waals surface area contributed by atoms with Crippen molar-refractivity contribution < 1.29 is 18.4 Å². The molecule has 3 aromatic carbocycles. The number of nitrogens with one attached hydrogen (secondary N) is 1. The highest BCUT2D eigenvalue weighted by atomic mass is 19.2. The second kappa shape index (κ2) is 8.45. The van der Waals surface area contributed by atoms with Gasteiger partial charge >= 0.3 is 0 Å². The van der Waals surface area contributed by atoms with E-state index in [4.69, 9.17) is 0 Å². The molecule has 0 aliphatic carbocycles. The number of carbonyl (C=O) groups is 2. The second-order valence-electron chi connectivity index (χ2n) is 7.21. The standard InChI is InChI=1S/C24H20F2N2O2/c25-20-11-5-16(15-21(20)26)6-12-23(29)27-19-9-7-18(8-10-19)24(30)28-14-13-17-3-1-2-4-22(17)28/h1-5,7-11,15H,6,12-14H2,(H,27,29). The molecule has 1 aliphatic heterocycles. The Morgan fingerprint density at radius 2 is 1.70 bits per heavy atom. The molecule has 0 bridgehead atoms. The third-order valence-corrected chi connectivity index (χ3v) is 5.17. The predicted octanol–water partition coefficient (Wildman–Crippen LogP) is 4.74. The summed E-state index contributed by atoms with van der Waals surface area (Å²) in [6.07, 6.45) is 1.28. The highest BCUT2D eigenvalue weighted by molar-refractivity contribution is 6.07. The van der Waals surface area contributed by atoms with Gasteiger partial charge in [-0.15, -0.1) is 0 Å². The van der Waals surface area contributed by atoms with Gasteiger partial charge in [-0.3, -0.25) is 9.59 Å².